The molecule has 22 nitrogen and oxygen atoms in total. The Morgan fingerprint density at radius 3 is 1.49 bits per heavy atom. The molecule has 8 heterocycles. The van der Waals surface area contributed by atoms with Gasteiger partial charge in [0.2, 0.25) is 0 Å². The van der Waals surface area contributed by atoms with Crippen molar-refractivity contribution in [2.45, 2.75) is 50.8 Å². The molecule has 24 heteroatoms. The monoisotopic (exact) mass is 868 g/mol. The Hall–Kier alpha value is -7.30. The molecule has 0 aliphatic heterocycles. The zero-order chi connectivity index (χ0) is 44.4. The Bertz CT molecular complexity index is 3200. The predicted octanol–water partition coefficient (Wildman–Crippen LogP) is 2.57. The van der Waals surface area contributed by atoms with Gasteiger partial charge in [-0.15, -0.1) is 0 Å². The van der Waals surface area contributed by atoms with Crippen LogP contribution in [0.3, 0.4) is 0 Å². The third-order valence-electron chi connectivity index (χ3n) is 9.35. The summed E-state index contributed by atoms with van der Waals surface area (Å²) in [5.74, 6) is 1.64. The van der Waals surface area contributed by atoms with E-state index in [1.807, 2.05) is 32.9 Å². The second-order valence-corrected chi connectivity index (χ2v) is 17.8. The Morgan fingerprint density at radius 1 is 0.639 bits per heavy atom. The van der Waals surface area contributed by atoms with Crippen molar-refractivity contribution < 1.29 is 26.4 Å². The number of nitrogens with two attached hydrogens (primary N) is 2. The first-order valence-corrected chi connectivity index (χ1v) is 21.7. The van der Waals surface area contributed by atoms with Crippen LogP contribution in [0.25, 0.3) is 57.3 Å². The van der Waals surface area contributed by atoms with Crippen LogP contribution in [0.2, 0.25) is 0 Å². The summed E-state index contributed by atoms with van der Waals surface area (Å²) in [5.41, 5.74) is 17.7. The summed E-state index contributed by atoms with van der Waals surface area (Å²) < 4.78 is 57.0. The predicted molar refractivity (Wildman–Crippen MR) is 221 cm³/mol. The maximum absolute atomic E-state index is 12.8. The highest BCUT2D eigenvalue weighted by Crippen LogP contribution is 2.30. The van der Waals surface area contributed by atoms with Gasteiger partial charge in [-0.05, 0) is 43.5 Å². The Balaban J connectivity index is 0.000000192. The van der Waals surface area contributed by atoms with Gasteiger partial charge in [0.05, 0.1) is 36.3 Å². The van der Waals surface area contributed by atoms with E-state index in [4.69, 9.17) is 21.1 Å². The SMILES string of the molecule is CCS(=O)(=O)c1cnc(-n2nccc2N)nc1-c1nc2cc(C)cnc2n1C.CCc1cnn(-c2ncc(S(=O)(=O)CC)c(-c3nc4cc(C)cnc4n3C)n2)c1N.O=C=O. The first-order chi connectivity index (χ1) is 29.0. The van der Waals surface area contributed by atoms with Gasteiger partial charge in [-0.25, -0.2) is 56.7 Å². The highest BCUT2D eigenvalue weighted by Gasteiger charge is 2.27. The lowest BCUT2D eigenvalue weighted by molar-refractivity contribution is -0.191. The highest BCUT2D eigenvalue weighted by molar-refractivity contribution is 7.91. The van der Waals surface area contributed by atoms with Crippen molar-refractivity contribution in [3.05, 3.63) is 72.1 Å². The van der Waals surface area contributed by atoms with E-state index in [-0.39, 0.29) is 50.7 Å². The first-order valence-electron chi connectivity index (χ1n) is 18.4. The van der Waals surface area contributed by atoms with Gasteiger partial charge in [0, 0.05) is 38.1 Å². The fraction of sp³-hybridized carbons (Fsp3) is 0.270. The summed E-state index contributed by atoms with van der Waals surface area (Å²) >= 11 is 0. The fourth-order valence-corrected chi connectivity index (χ4v) is 8.01. The molecule has 0 aliphatic rings. The number of aromatic nitrogens is 14. The van der Waals surface area contributed by atoms with Crippen molar-refractivity contribution in [1.82, 2.24) is 68.6 Å². The van der Waals surface area contributed by atoms with Gasteiger partial charge in [-0.1, -0.05) is 20.8 Å². The number of nitrogens with zero attached hydrogens (tertiary/aromatic N) is 14. The number of fused-ring (bicyclic) bond motifs is 2. The minimum Gasteiger partial charge on any atom is -0.383 e. The van der Waals surface area contributed by atoms with Crippen LogP contribution in [-0.4, -0.2) is 103 Å². The smallest absolute Gasteiger partial charge is 0.373 e. The molecule has 4 N–H and O–H groups in total. The van der Waals surface area contributed by atoms with E-state index in [1.165, 1.54) is 28.0 Å². The van der Waals surface area contributed by atoms with Crippen LogP contribution in [0.4, 0.5) is 11.6 Å². The number of carbonyl (C=O) groups excluding carboxylic acids is 2. The number of imidazole rings is 2. The molecule has 8 rings (SSSR count). The summed E-state index contributed by atoms with van der Waals surface area (Å²) in [6, 6.07) is 5.37. The number of pyridine rings is 2. The molecule has 0 saturated heterocycles. The number of hydrogen-bond donors (Lipinski definition) is 2. The number of aryl methyl sites for hydroxylation is 5. The molecule has 0 amide bonds. The molecule has 8 aromatic rings. The average Bonchev–Trinajstić information content (AvgIpc) is 4.01. The van der Waals surface area contributed by atoms with Crippen molar-refractivity contribution in [3.63, 3.8) is 0 Å². The minimum atomic E-state index is -3.61. The maximum Gasteiger partial charge on any atom is 0.373 e. The quantitative estimate of drug-likeness (QED) is 0.211. The second kappa shape index (κ2) is 17.1. The Morgan fingerprint density at radius 2 is 1.10 bits per heavy atom. The Kier molecular flexibility index (Phi) is 12.1. The molecule has 0 radical (unpaired) electrons. The van der Waals surface area contributed by atoms with Crippen molar-refractivity contribution in [1.29, 1.82) is 0 Å². The third-order valence-corrected chi connectivity index (χ3v) is 12.8. The number of nitrogen functional groups attached to an aromatic ring is 2. The van der Waals surface area contributed by atoms with Gasteiger partial charge in [0.1, 0.15) is 43.8 Å². The maximum atomic E-state index is 12.8. The van der Waals surface area contributed by atoms with Crippen molar-refractivity contribution in [3.8, 4) is 34.9 Å². The highest BCUT2D eigenvalue weighted by atomic mass is 32.2. The summed E-state index contributed by atoms with van der Waals surface area (Å²) in [6.45, 7) is 8.94. The standard InChI is InChI=1S/C19H22N8O2S.C17H18N8O2S.CO2/c1-5-12-9-23-27(16(12)20)19-22-10-14(30(28,29)6-2)15(25-19)18-24-13-7-11(3)8-21-17(13)26(18)4;1-4-28(26,27)12-9-20-17(25-13(18)5-6-21-25)23-14(12)16-22-11-7-10(2)8-19-15(11)24(16)3;2-1-3/h7-10H,5-6,20H2,1-4H3;5-9H,4,18H2,1-3H3;. The summed E-state index contributed by atoms with van der Waals surface area (Å²) in [4.78, 5) is 51.6. The lowest BCUT2D eigenvalue weighted by Gasteiger charge is -2.11. The van der Waals surface area contributed by atoms with Crippen LogP contribution in [-0.2, 0) is 49.8 Å². The lowest BCUT2D eigenvalue weighted by atomic mass is 10.3. The molecule has 0 aliphatic carbocycles. The van der Waals surface area contributed by atoms with Crippen LogP contribution < -0.4 is 11.5 Å². The van der Waals surface area contributed by atoms with E-state index < -0.39 is 19.7 Å². The molecule has 0 atom stereocenters. The summed E-state index contributed by atoms with van der Waals surface area (Å²) in [5, 5.41) is 8.35. The molecule has 0 fully saturated rings. The zero-order valence-electron chi connectivity index (χ0n) is 34.0. The van der Waals surface area contributed by atoms with E-state index in [2.05, 4.69) is 50.1 Å². The van der Waals surface area contributed by atoms with Crippen LogP contribution in [0.15, 0.2) is 65.2 Å². The molecule has 61 heavy (non-hydrogen) atoms. The van der Waals surface area contributed by atoms with Crippen molar-refractivity contribution in [2.75, 3.05) is 23.0 Å². The largest absolute Gasteiger partial charge is 0.383 e. The number of hydrogen-bond acceptors (Lipinski definition) is 18. The van der Waals surface area contributed by atoms with Crippen LogP contribution in [0.5, 0.6) is 0 Å². The van der Waals surface area contributed by atoms with E-state index >= 15 is 0 Å². The average molecular weight is 869 g/mol. The third kappa shape index (κ3) is 8.31. The van der Waals surface area contributed by atoms with Gasteiger partial charge in [0.25, 0.3) is 11.9 Å². The molecule has 0 bridgehead atoms. The zero-order valence-corrected chi connectivity index (χ0v) is 35.6. The van der Waals surface area contributed by atoms with Crippen LogP contribution >= 0.6 is 0 Å². The van der Waals surface area contributed by atoms with Crippen LogP contribution in [0, 0.1) is 13.8 Å². The first kappa shape index (κ1) is 43.3. The molecular formula is C37H40N16O6S2. The van der Waals surface area contributed by atoms with Gasteiger partial charge < -0.3 is 20.6 Å². The van der Waals surface area contributed by atoms with Crippen molar-refractivity contribution in [2.24, 2.45) is 14.1 Å². The van der Waals surface area contributed by atoms with E-state index in [0.29, 0.717) is 52.0 Å². The van der Waals surface area contributed by atoms with Crippen LogP contribution in [0.1, 0.15) is 37.5 Å². The molecule has 0 unspecified atom stereocenters. The normalized spacial score (nSPS) is 11.5. The van der Waals surface area contributed by atoms with E-state index in [0.717, 1.165) is 16.7 Å². The number of rotatable bonds is 9. The molecular weight excluding hydrogens is 829 g/mol. The lowest BCUT2D eigenvalue weighted by Crippen LogP contribution is -2.13. The number of anilines is 2. The Labute approximate surface area is 348 Å². The van der Waals surface area contributed by atoms with E-state index in [9.17, 15) is 16.8 Å². The fourth-order valence-electron chi connectivity index (χ4n) is 6.09. The van der Waals surface area contributed by atoms with Gasteiger partial charge >= 0.3 is 6.15 Å². The molecule has 0 spiro atoms. The number of sulfone groups is 2. The molecule has 0 aromatic carbocycles. The molecule has 316 valence electrons. The van der Waals surface area contributed by atoms with Gasteiger partial charge in [0.15, 0.2) is 42.6 Å². The summed E-state index contributed by atoms with van der Waals surface area (Å²) in [7, 11) is -3.67. The minimum absolute atomic E-state index is 0.000365. The second-order valence-electron chi connectivity index (χ2n) is 13.3. The summed E-state index contributed by atoms with van der Waals surface area (Å²) in [6.07, 6.45) is 10.1. The van der Waals surface area contributed by atoms with Crippen molar-refractivity contribution >= 4 is 59.8 Å². The van der Waals surface area contributed by atoms with E-state index in [1.54, 1.807) is 61.7 Å². The van der Waals surface area contributed by atoms with Gasteiger partial charge in [-0.2, -0.15) is 29.2 Å². The molecule has 8 aromatic heterocycles. The van der Waals surface area contributed by atoms with Gasteiger partial charge in [-0.3, -0.25) is 0 Å². The topological polar surface area (TPSA) is 303 Å². The molecule has 0 saturated carbocycles.